The van der Waals surface area contributed by atoms with Crippen LogP contribution in [0.3, 0.4) is 0 Å². The zero-order valence-electron chi connectivity index (χ0n) is 16.8. The second-order valence-corrected chi connectivity index (χ2v) is 7.68. The highest BCUT2D eigenvalue weighted by atomic mass is 35.5. The molecule has 1 fully saturated rings. The van der Waals surface area contributed by atoms with Gasteiger partial charge in [0.1, 0.15) is 0 Å². The van der Waals surface area contributed by atoms with E-state index in [4.69, 9.17) is 27.9 Å². The van der Waals surface area contributed by atoms with E-state index < -0.39 is 0 Å². The molecular formula is C21H21Cl2N7O. The van der Waals surface area contributed by atoms with Crippen LogP contribution >= 0.6 is 23.2 Å². The number of hydrazone groups is 1. The summed E-state index contributed by atoms with van der Waals surface area (Å²) >= 11 is 12.4. The van der Waals surface area contributed by atoms with Crippen molar-refractivity contribution in [3.63, 3.8) is 0 Å². The van der Waals surface area contributed by atoms with Crippen LogP contribution in [-0.4, -0.2) is 47.5 Å². The van der Waals surface area contributed by atoms with Crippen LogP contribution in [0.1, 0.15) is 11.1 Å². The normalized spacial score (nSPS) is 14.1. The summed E-state index contributed by atoms with van der Waals surface area (Å²) in [6, 6.07) is 13.1. The zero-order chi connectivity index (χ0) is 21.6. The van der Waals surface area contributed by atoms with E-state index in [1.807, 2.05) is 48.2 Å². The van der Waals surface area contributed by atoms with Crippen LogP contribution in [0.25, 0.3) is 0 Å². The van der Waals surface area contributed by atoms with E-state index in [1.165, 1.54) is 0 Å². The molecule has 31 heavy (non-hydrogen) atoms. The summed E-state index contributed by atoms with van der Waals surface area (Å²) in [5.41, 5.74) is 5.43. The number of aryl methyl sites for hydroxylation is 1. The molecule has 0 atom stereocenters. The van der Waals surface area contributed by atoms with Gasteiger partial charge in [-0.2, -0.15) is 20.1 Å². The average molecular weight is 458 g/mol. The summed E-state index contributed by atoms with van der Waals surface area (Å²) in [7, 11) is 0. The second kappa shape index (κ2) is 9.91. The number of halogens is 2. The largest absolute Gasteiger partial charge is 0.378 e. The van der Waals surface area contributed by atoms with Crippen molar-refractivity contribution in [2.24, 2.45) is 5.10 Å². The molecule has 1 aliphatic rings. The molecule has 0 spiro atoms. The van der Waals surface area contributed by atoms with Gasteiger partial charge in [-0.25, -0.2) is 5.43 Å². The van der Waals surface area contributed by atoms with Gasteiger partial charge in [0.25, 0.3) is 0 Å². The number of benzene rings is 2. The quantitative estimate of drug-likeness (QED) is 0.415. The number of nitrogens with one attached hydrogen (secondary N) is 2. The van der Waals surface area contributed by atoms with Crippen molar-refractivity contribution in [2.45, 2.75) is 6.92 Å². The van der Waals surface area contributed by atoms with Crippen molar-refractivity contribution in [3.05, 3.63) is 63.6 Å². The fraction of sp³-hybridized carbons (Fsp3) is 0.238. The Balaban J connectivity index is 1.59. The Morgan fingerprint density at radius 3 is 2.55 bits per heavy atom. The van der Waals surface area contributed by atoms with Gasteiger partial charge < -0.3 is 15.0 Å². The highest BCUT2D eigenvalue weighted by molar-refractivity contribution is 6.33. The molecule has 0 saturated carbocycles. The minimum absolute atomic E-state index is 0.306. The molecule has 8 nitrogen and oxygen atoms in total. The van der Waals surface area contributed by atoms with Gasteiger partial charge in [-0.15, -0.1) is 0 Å². The zero-order valence-corrected chi connectivity index (χ0v) is 18.4. The van der Waals surface area contributed by atoms with E-state index in [1.54, 1.807) is 12.3 Å². The number of rotatable bonds is 6. The van der Waals surface area contributed by atoms with Crippen molar-refractivity contribution < 1.29 is 4.74 Å². The summed E-state index contributed by atoms with van der Waals surface area (Å²) in [5, 5.41) is 8.69. The van der Waals surface area contributed by atoms with Gasteiger partial charge in [0.2, 0.25) is 17.8 Å². The Bertz CT molecular complexity index is 1090. The van der Waals surface area contributed by atoms with E-state index in [9.17, 15) is 0 Å². The Kier molecular flexibility index (Phi) is 6.81. The standard InChI is InChI=1S/C21H21Cl2N7O/c1-14-6-7-16(12-18(14)23)25-19-26-20(28-21(27-19)30-8-10-31-11-9-30)29-24-13-15-4-2-3-5-17(15)22/h2-7,12-13H,8-11H2,1H3,(H2,25,26,27,28,29). The number of ether oxygens (including phenoxy) is 1. The summed E-state index contributed by atoms with van der Waals surface area (Å²) in [6.07, 6.45) is 1.62. The molecule has 4 rings (SSSR count). The molecule has 0 aliphatic carbocycles. The van der Waals surface area contributed by atoms with E-state index >= 15 is 0 Å². The van der Waals surface area contributed by atoms with E-state index in [-0.39, 0.29) is 0 Å². The molecule has 1 aliphatic heterocycles. The first-order valence-corrected chi connectivity index (χ1v) is 10.5. The van der Waals surface area contributed by atoms with Crippen LogP contribution in [0.15, 0.2) is 47.6 Å². The molecule has 0 amide bonds. The lowest BCUT2D eigenvalue weighted by Gasteiger charge is -2.27. The molecule has 2 heterocycles. The van der Waals surface area contributed by atoms with Gasteiger partial charge in [0, 0.05) is 34.4 Å². The lowest BCUT2D eigenvalue weighted by Crippen LogP contribution is -2.37. The molecule has 0 unspecified atom stereocenters. The number of hydrogen-bond donors (Lipinski definition) is 2. The van der Waals surface area contributed by atoms with Crippen molar-refractivity contribution >= 4 is 52.9 Å². The summed E-state index contributed by atoms with van der Waals surface area (Å²) in [4.78, 5) is 15.6. The van der Waals surface area contributed by atoms with Crippen LogP contribution in [0, 0.1) is 6.92 Å². The predicted molar refractivity (Wildman–Crippen MR) is 125 cm³/mol. The first kappa shape index (κ1) is 21.3. The number of anilines is 4. The van der Waals surface area contributed by atoms with Crippen molar-refractivity contribution in [1.82, 2.24) is 15.0 Å². The third kappa shape index (κ3) is 5.61. The molecule has 2 aromatic carbocycles. The van der Waals surface area contributed by atoms with Gasteiger partial charge in [-0.1, -0.05) is 47.5 Å². The smallest absolute Gasteiger partial charge is 0.250 e. The maximum absolute atomic E-state index is 6.25. The van der Waals surface area contributed by atoms with E-state index in [0.29, 0.717) is 54.2 Å². The van der Waals surface area contributed by atoms with Crippen molar-refractivity contribution in [1.29, 1.82) is 0 Å². The highest BCUT2D eigenvalue weighted by Gasteiger charge is 2.17. The molecule has 0 bridgehead atoms. The molecule has 10 heteroatoms. The first-order valence-electron chi connectivity index (χ1n) is 9.74. The molecule has 160 valence electrons. The Morgan fingerprint density at radius 2 is 1.77 bits per heavy atom. The molecular weight excluding hydrogens is 437 g/mol. The maximum atomic E-state index is 6.25. The van der Waals surface area contributed by atoms with Crippen LogP contribution in [0.5, 0.6) is 0 Å². The van der Waals surface area contributed by atoms with Crippen LogP contribution < -0.4 is 15.6 Å². The van der Waals surface area contributed by atoms with Crippen molar-refractivity contribution in [3.8, 4) is 0 Å². The van der Waals surface area contributed by atoms with Crippen LogP contribution in [0.2, 0.25) is 10.0 Å². The van der Waals surface area contributed by atoms with E-state index in [2.05, 4.69) is 30.8 Å². The predicted octanol–water partition coefficient (Wildman–Crippen LogP) is 4.51. The molecule has 2 N–H and O–H groups in total. The number of nitrogens with zero attached hydrogens (tertiary/aromatic N) is 5. The minimum Gasteiger partial charge on any atom is -0.378 e. The SMILES string of the molecule is Cc1ccc(Nc2nc(NN=Cc3ccccc3Cl)nc(N3CCOCC3)n2)cc1Cl. The monoisotopic (exact) mass is 457 g/mol. The summed E-state index contributed by atoms with van der Waals surface area (Å²) in [6.45, 7) is 4.58. The van der Waals surface area contributed by atoms with Crippen LogP contribution in [-0.2, 0) is 4.74 Å². The fourth-order valence-corrected chi connectivity index (χ4v) is 3.28. The maximum Gasteiger partial charge on any atom is 0.250 e. The third-order valence-corrected chi connectivity index (χ3v) is 5.37. The fourth-order valence-electron chi connectivity index (χ4n) is 2.91. The minimum atomic E-state index is 0.306. The van der Waals surface area contributed by atoms with E-state index in [0.717, 1.165) is 16.8 Å². The van der Waals surface area contributed by atoms with Gasteiger partial charge in [0.15, 0.2) is 0 Å². The van der Waals surface area contributed by atoms with Gasteiger partial charge in [-0.05, 0) is 30.7 Å². The summed E-state index contributed by atoms with van der Waals surface area (Å²) in [5.74, 6) is 1.22. The lowest BCUT2D eigenvalue weighted by atomic mass is 10.2. The first-order chi connectivity index (χ1) is 15.1. The third-order valence-electron chi connectivity index (χ3n) is 4.62. The molecule has 1 saturated heterocycles. The average Bonchev–Trinajstić information content (AvgIpc) is 2.78. The topological polar surface area (TPSA) is 87.6 Å². The summed E-state index contributed by atoms with van der Waals surface area (Å²) < 4.78 is 5.43. The molecule has 3 aromatic rings. The number of aromatic nitrogens is 3. The molecule has 0 radical (unpaired) electrons. The second-order valence-electron chi connectivity index (χ2n) is 6.86. The van der Waals surface area contributed by atoms with Crippen molar-refractivity contribution in [2.75, 3.05) is 41.9 Å². The Labute approximate surface area is 190 Å². The number of hydrogen-bond acceptors (Lipinski definition) is 8. The van der Waals surface area contributed by atoms with Gasteiger partial charge >= 0.3 is 0 Å². The van der Waals surface area contributed by atoms with Crippen LogP contribution in [0.4, 0.5) is 23.5 Å². The van der Waals surface area contributed by atoms with Gasteiger partial charge in [0.05, 0.1) is 19.4 Å². The Morgan fingerprint density at radius 1 is 1.00 bits per heavy atom. The van der Waals surface area contributed by atoms with Gasteiger partial charge in [-0.3, -0.25) is 0 Å². The Hall–Kier alpha value is -2.94. The highest BCUT2D eigenvalue weighted by Crippen LogP contribution is 2.23. The lowest BCUT2D eigenvalue weighted by molar-refractivity contribution is 0.122. The number of morpholine rings is 1. The molecule has 1 aromatic heterocycles.